The molecular formula is C29H29BrClFN2O4. The Morgan fingerprint density at radius 1 is 1.08 bits per heavy atom. The first-order valence-electron chi connectivity index (χ1n) is 12.1. The Hall–Kier alpha value is -3.10. The second-order valence-corrected chi connectivity index (χ2v) is 11.7. The minimum absolute atomic E-state index is 0.0534. The molecule has 0 bridgehead atoms. The van der Waals surface area contributed by atoms with Crippen LogP contribution in [0.5, 0.6) is 11.5 Å². The molecule has 4 rings (SSSR count). The Kier molecular flexibility index (Phi) is 8.04. The number of rotatable bonds is 6. The normalized spacial score (nSPS) is 14.0. The van der Waals surface area contributed by atoms with Gasteiger partial charge in [-0.25, -0.2) is 9.18 Å². The molecule has 0 unspecified atom stereocenters. The van der Waals surface area contributed by atoms with E-state index in [0.29, 0.717) is 29.9 Å². The van der Waals surface area contributed by atoms with Gasteiger partial charge in [-0.1, -0.05) is 57.9 Å². The molecule has 3 aromatic carbocycles. The van der Waals surface area contributed by atoms with Crippen molar-refractivity contribution in [3.8, 4) is 11.5 Å². The summed E-state index contributed by atoms with van der Waals surface area (Å²) in [7, 11) is 1.68. The van der Waals surface area contributed by atoms with E-state index in [1.54, 1.807) is 38.8 Å². The minimum Gasteiger partial charge on any atom is -0.457 e. The van der Waals surface area contributed by atoms with Gasteiger partial charge in [-0.3, -0.25) is 4.79 Å². The van der Waals surface area contributed by atoms with Gasteiger partial charge < -0.3 is 19.7 Å². The molecule has 0 radical (unpaired) electrons. The molecule has 1 N–H and O–H groups in total. The quantitative estimate of drug-likeness (QED) is 0.328. The average Bonchev–Trinajstić information content (AvgIpc) is 3.20. The van der Waals surface area contributed by atoms with Gasteiger partial charge in [0.05, 0.1) is 5.02 Å². The zero-order valence-electron chi connectivity index (χ0n) is 21.6. The van der Waals surface area contributed by atoms with Crippen molar-refractivity contribution in [2.45, 2.75) is 51.3 Å². The molecule has 38 heavy (non-hydrogen) atoms. The van der Waals surface area contributed by atoms with Crippen molar-refractivity contribution in [2.75, 3.05) is 7.05 Å². The molecule has 2 amide bonds. The molecule has 1 aliphatic rings. The van der Waals surface area contributed by atoms with Gasteiger partial charge in [-0.05, 0) is 56.2 Å². The predicted octanol–water partition coefficient (Wildman–Crippen LogP) is 7.05. The monoisotopic (exact) mass is 602 g/mol. The molecule has 0 spiro atoms. The lowest BCUT2D eigenvalue weighted by atomic mass is 9.93. The van der Waals surface area contributed by atoms with Crippen molar-refractivity contribution in [1.82, 2.24) is 10.2 Å². The van der Waals surface area contributed by atoms with Gasteiger partial charge in [0.1, 0.15) is 28.5 Å². The average molecular weight is 604 g/mol. The fourth-order valence-corrected chi connectivity index (χ4v) is 5.03. The van der Waals surface area contributed by atoms with E-state index in [2.05, 4.69) is 21.2 Å². The first-order chi connectivity index (χ1) is 17.8. The van der Waals surface area contributed by atoms with E-state index < -0.39 is 23.1 Å². The van der Waals surface area contributed by atoms with Crippen LogP contribution in [-0.2, 0) is 28.9 Å². The highest BCUT2D eigenvalue weighted by molar-refractivity contribution is 9.10. The minimum atomic E-state index is -1.19. The second-order valence-electron chi connectivity index (χ2n) is 10.4. The van der Waals surface area contributed by atoms with Crippen LogP contribution in [-0.4, -0.2) is 35.1 Å². The lowest BCUT2D eigenvalue weighted by molar-refractivity contribution is -0.137. The molecule has 0 atom stereocenters. The number of nitrogens with zero attached hydrogens (tertiary/aromatic N) is 1. The lowest BCUT2D eigenvalue weighted by Gasteiger charge is -2.34. The van der Waals surface area contributed by atoms with Crippen LogP contribution in [0.4, 0.5) is 9.18 Å². The standard InChI is InChI=1S/C29H29BrClFN2O4/c1-28(2,3)38-27(36)33-29(15-18-7-5-6-8-19(18)16-29)26(35)34(4)17-20-9-10-21(30)13-25(20)37-22-11-12-24(32)23(31)14-22/h5-14H,15-17H2,1-4H3,(H,33,36). The van der Waals surface area contributed by atoms with Crippen molar-refractivity contribution in [3.63, 3.8) is 0 Å². The maximum atomic E-state index is 14.0. The molecule has 1 aliphatic carbocycles. The highest BCUT2D eigenvalue weighted by atomic mass is 79.9. The fraction of sp³-hybridized carbons (Fsp3) is 0.310. The van der Waals surface area contributed by atoms with Crippen molar-refractivity contribution in [2.24, 2.45) is 0 Å². The Balaban J connectivity index is 1.60. The number of amides is 2. The van der Waals surface area contributed by atoms with Crippen LogP contribution in [0.25, 0.3) is 0 Å². The highest BCUT2D eigenvalue weighted by Crippen LogP contribution is 2.34. The SMILES string of the molecule is CN(Cc1ccc(Br)cc1Oc1ccc(F)c(Cl)c1)C(=O)C1(NC(=O)OC(C)(C)C)Cc2ccccc2C1. The first kappa shape index (κ1) is 27.9. The fourth-order valence-electron chi connectivity index (χ4n) is 4.52. The number of hydrogen-bond donors (Lipinski definition) is 1. The van der Waals surface area contributed by atoms with E-state index in [1.807, 2.05) is 36.4 Å². The maximum Gasteiger partial charge on any atom is 0.408 e. The molecule has 0 saturated carbocycles. The Labute approximate surface area is 235 Å². The summed E-state index contributed by atoms with van der Waals surface area (Å²) in [5, 5.41) is 2.84. The molecule has 0 fully saturated rings. The van der Waals surface area contributed by atoms with Gasteiger partial charge in [-0.15, -0.1) is 0 Å². The maximum absolute atomic E-state index is 14.0. The molecule has 9 heteroatoms. The largest absolute Gasteiger partial charge is 0.457 e. The molecule has 3 aromatic rings. The molecule has 0 heterocycles. The molecule has 0 aliphatic heterocycles. The van der Waals surface area contributed by atoms with Gasteiger partial charge in [0.15, 0.2) is 0 Å². The van der Waals surface area contributed by atoms with Crippen molar-refractivity contribution in [3.05, 3.63) is 92.7 Å². The number of fused-ring (bicyclic) bond motifs is 1. The highest BCUT2D eigenvalue weighted by Gasteiger charge is 2.47. The third kappa shape index (κ3) is 6.48. The van der Waals surface area contributed by atoms with Gasteiger partial charge in [0.25, 0.3) is 0 Å². The van der Waals surface area contributed by atoms with E-state index >= 15 is 0 Å². The number of benzene rings is 3. The number of carbonyl (C=O) groups is 2. The van der Waals surface area contributed by atoms with Crippen LogP contribution < -0.4 is 10.1 Å². The van der Waals surface area contributed by atoms with E-state index in [-0.39, 0.29) is 17.5 Å². The Morgan fingerprint density at radius 2 is 1.74 bits per heavy atom. The summed E-state index contributed by atoms with van der Waals surface area (Å²) in [6, 6.07) is 17.3. The molecule has 0 aromatic heterocycles. The van der Waals surface area contributed by atoms with E-state index in [9.17, 15) is 14.0 Å². The van der Waals surface area contributed by atoms with Crippen molar-refractivity contribution >= 4 is 39.5 Å². The zero-order chi connectivity index (χ0) is 27.7. The number of halogens is 3. The smallest absolute Gasteiger partial charge is 0.408 e. The summed E-state index contributed by atoms with van der Waals surface area (Å²) in [5.74, 6) is 0.0435. The summed E-state index contributed by atoms with van der Waals surface area (Å²) in [4.78, 5) is 28.4. The van der Waals surface area contributed by atoms with Crippen LogP contribution in [0, 0.1) is 5.82 Å². The predicted molar refractivity (Wildman–Crippen MR) is 148 cm³/mol. The van der Waals surface area contributed by atoms with Crippen LogP contribution in [0.15, 0.2) is 65.1 Å². The number of ether oxygens (including phenoxy) is 2. The van der Waals surface area contributed by atoms with Crippen molar-refractivity contribution in [1.29, 1.82) is 0 Å². The third-order valence-electron chi connectivity index (χ3n) is 6.15. The number of alkyl carbamates (subject to hydrolysis) is 1. The van der Waals surface area contributed by atoms with Gasteiger partial charge >= 0.3 is 6.09 Å². The van der Waals surface area contributed by atoms with Crippen molar-refractivity contribution < 1.29 is 23.5 Å². The lowest BCUT2D eigenvalue weighted by Crippen LogP contribution is -2.60. The van der Waals surface area contributed by atoms with Gasteiger partial charge in [0.2, 0.25) is 5.91 Å². The Bertz CT molecular complexity index is 1350. The van der Waals surface area contributed by atoms with Gasteiger partial charge in [-0.2, -0.15) is 0 Å². The van der Waals surface area contributed by atoms with Crippen LogP contribution in [0.3, 0.4) is 0 Å². The summed E-state index contributed by atoms with van der Waals surface area (Å²) >= 11 is 9.38. The third-order valence-corrected chi connectivity index (χ3v) is 6.94. The number of hydrogen-bond acceptors (Lipinski definition) is 4. The molecular weight excluding hydrogens is 575 g/mol. The topological polar surface area (TPSA) is 67.9 Å². The molecule has 200 valence electrons. The summed E-state index contributed by atoms with van der Waals surface area (Å²) < 4.78 is 25.9. The number of nitrogens with one attached hydrogen (secondary N) is 1. The number of likely N-dealkylation sites (N-methyl/N-ethyl adjacent to an activating group) is 1. The van der Waals surface area contributed by atoms with Gasteiger partial charge in [0, 0.05) is 42.5 Å². The summed E-state index contributed by atoms with van der Waals surface area (Å²) in [6.45, 7) is 5.53. The molecule has 0 saturated heterocycles. The molecule has 6 nitrogen and oxygen atoms in total. The van der Waals surface area contributed by atoms with Crippen LogP contribution in [0.1, 0.15) is 37.5 Å². The number of carbonyl (C=O) groups excluding carboxylic acids is 2. The van der Waals surface area contributed by atoms with Crippen LogP contribution in [0.2, 0.25) is 5.02 Å². The van der Waals surface area contributed by atoms with E-state index in [4.69, 9.17) is 21.1 Å². The van der Waals surface area contributed by atoms with Crippen LogP contribution >= 0.6 is 27.5 Å². The van der Waals surface area contributed by atoms with E-state index in [0.717, 1.165) is 15.6 Å². The summed E-state index contributed by atoms with van der Waals surface area (Å²) in [6.07, 6.45) is 0.0557. The Morgan fingerprint density at radius 3 is 2.34 bits per heavy atom. The van der Waals surface area contributed by atoms with E-state index in [1.165, 1.54) is 18.2 Å². The second kappa shape index (κ2) is 10.9. The first-order valence-corrected chi connectivity index (χ1v) is 13.3. The zero-order valence-corrected chi connectivity index (χ0v) is 24.0. The summed E-state index contributed by atoms with van der Waals surface area (Å²) in [5.41, 5.74) is 0.824.